The molecule has 2 aliphatic rings. The highest BCUT2D eigenvalue weighted by Gasteiger charge is 2.31. The zero-order valence-electron chi connectivity index (χ0n) is 17.3. The Kier molecular flexibility index (Phi) is 7.34. The molecule has 1 aromatic rings. The van der Waals surface area contributed by atoms with Crippen molar-refractivity contribution >= 4 is 5.97 Å². The fourth-order valence-electron chi connectivity index (χ4n) is 5.02. The molecular formula is C24H36O3. The molecule has 150 valence electrons. The van der Waals surface area contributed by atoms with Gasteiger partial charge in [-0.05, 0) is 100 Å². The Hall–Kier alpha value is -1.35. The van der Waals surface area contributed by atoms with E-state index < -0.39 is 0 Å². The molecule has 1 aromatic carbocycles. The van der Waals surface area contributed by atoms with Gasteiger partial charge in [-0.2, -0.15) is 0 Å². The third kappa shape index (κ3) is 5.81. The summed E-state index contributed by atoms with van der Waals surface area (Å²) in [5.41, 5.74) is 1.40. The largest absolute Gasteiger partial charge is 0.427 e. The number of carbonyl (C=O) groups is 1. The average Bonchev–Trinajstić information content (AvgIpc) is 2.69. The van der Waals surface area contributed by atoms with Crippen molar-refractivity contribution in [1.82, 2.24) is 0 Å². The predicted molar refractivity (Wildman–Crippen MR) is 109 cm³/mol. The van der Waals surface area contributed by atoms with Gasteiger partial charge in [0.2, 0.25) is 0 Å². The van der Waals surface area contributed by atoms with Gasteiger partial charge in [0.1, 0.15) is 5.75 Å². The van der Waals surface area contributed by atoms with Crippen molar-refractivity contribution in [2.75, 3.05) is 0 Å². The highest BCUT2D eigenvalue weighted by molar-refractivity contribution is 5.69. The molecule has 3 nitrogen and oxygen atoms in total. The molecule has 1 atom stereocenters. The first kappa shape index (κ1) is 20.4. The van der Waals surface area contributed by atoms with Crippen molar-refractivity contribution in [3.8, 4) is 5.75 Å². The van der Waals surface area contributed by atoms with Gasteiger partial charge < -0.3 is 9.47 Å². The number of carbonyl (C=O) groups excluding carboxylic acids is 1. The van der Waals surface area contributed by atoms with Crippen LogP contribution in [0.5, 0.6) is 5.75 Å². The molecule has 2 saturated carbocycles. The summed E-state index contributed by atoms with van der Waals surface area (Å²) in [6.45, 7) is 5.85. The summed E-state index contributed by atoms with van der Waals surface area (Å²) in [7, 11) is 0. The molecule has 3 heteroatoms. The van der Waals surface area contributed by atoms with Gasteiger partial charge in [0.05, 0.1) is 12.2 Å². The Morgan fingerprint density at radius 3 is 2.04 bits per heavy atom. The lowest BCUT2D eigenvalue weighted by Gasteiger charge is -2.38. The molecule has 2 aliphatic carbocycles. The van der Waals surface area contributed by atoms with Crippen molar-refractivity contribution in [3.63, 3.8) is 0 Å². The van der Waals surface area contributed by atoms with Gasteiger partial charge in [-0.3, -0.25) is 4.79 Å². The van der Waals surface area contributed by atoms with Crippen LogP contribution in [-0.4, -0.2) is 18.2 Å². The second-order valence-electron chi connectivity index (χ2n) is 8.67. The first-order chi connectivity index (χ1) is 13.0. The van der Waals surface area contributed by atoms with Crippen LogP contribution in [0.15, 0.2) is 24.3 Å². The molecule has 0 radical (unpaired) electrons. The van der Waals surface area contributed by atoms with Crippen LogP contribution in [0.1, 0.15) is 90.0 Å². The van der Waals surface area contributed by atoms with Crippen LogP contribution in [0, 0.1) is 11.8 Å². The van der Waals surface area contributed by atoms with E-state index in [4.69, 9.17) is 9.47 Å². The number of esters is 1. The van der Waals surface area contributed by atoms with Crippen LogP contribution in [0.2, 0.25) is 0 Å². The lowest BCUT2D eigenvalue weighted by Crippen LogP contribution is -2.30. The summed E-state index contributed by atoms with van der Waals surface area (Å²) in [6, 6.07) is 8.14. The van der Waals surface area contributed by atoms with E-state index in [1.165, 1.54) is 63.9 Å². The van der Waals surface area contributed by atoms with Crippen LogP contribution in [-0.2, 0) is 9.53 Å². The van der Waals surface area contributed by atoms with Crippen molar-refractivity contribution in [2.24, 2.45) is 11.8 Å². The standard InChI is InChI=1S/C24H36O3/c1-4-17(2)26-23-13-9-21(10-14-23)19-5-7-20(8-6-19)22-11-15-24(16-12-22)27-18(3)25/h11-12,15-17,19-21,23H,4-10,13-14H2,1-3H3. The molecule has 1 unspecified atom stereocenters. The van der Waals surface area contributed by atoms with Gasteiger partial charge in [0.25, 0.3) is 0 Å². The van der Waals surface area contributed by atoms with E-state index in [1.807, 2.05) is 12.1 Å². The Bertz CT molecular complexity index is 578. The number of benzene rings is 1. The van der Waals surface area contributed by atoms with E-state index in [1.54, 1.807) is 0 Å². The molecule has 0 heterocycles. The zero-order valence-corrected chi connectivity index (χ0v) is 17.3. The summed E-state index contributed by atoms with van der Waals surface area (Å²) in [5, 5.41) is 0. The summed E-state index contributed by atoms with van der Waals surface area (Å²) in [4.78, 5) is 11.0. The van der Waals surface area contributed by atoms with Crippen LogP contribution < -0.4 is 4.74 Å². The van der Waals surface area contributed by atoms with Gasteiger partial charge >= 0.3 is 5.97 Å². The first-order valence-electron chi connectivity index (χ1n) is 11.0. The maximum Gasteiger partial charge on any atom is 0.308 e. The third-order valence-electron chi connectivity index (χ3n) is 6.77. The summed E-state index contributed by atoms with van der Waals surface area (Å²) < 4.78 is 11.3. The second-order valence-corrected chi connectivity index (χ2v) is 8.67. The Morgan fingerprint density at radius 1 is 0.963 bits per heavy atom. The minimum Gasteiger partial charge on any atom is -0.427 e. The second kappa shape index (κ2) is 9.73. The molecule has 0 saturated heterocycles. The summed E-state index contributed by atoms with van der Waals surface area (Å²) in [5.74, 6) is 2.88. The maximum absolute atomic E-state index is 11.0. The molecule has 0 N–H and O–H groups in total. The molecule has 3 rings (SSSR count). The fourth-order valence-corrected chi connectivity index (χ4v) is 5.02. The van der Waals surface area contributed by atoms with Crippen molar-refractivity contribution in [2.45, 2.75) is 96.7 Å². The average molecular weight is 373 g/mol. The minimum absolute atomic E-state index is 0.257. The van der Waals surface area contributed by atoms with Gasteiger partial charge in [0.15, 0.2) is 0 Å². The van der Waals surface area contributed by atoms with Crippen LogP contribution in [0.3, 0.4) is 0 Å². The first-order valence-corrected chi connectivity index (χ1v) is 11.0. The third-order valence-corrected chi connectivity index (χ3v) is 6.77. The highest BCUT2D eigenvalue weighted by atomic mass is 16.5. The zero-order chi connectivity index (χ0) is 19.2. The van der Waals surface area contributed by atoms with E-state index in [-0.39, 0.29) is 5.97 Å². The number of rotatable bonds is 6. The molecule has 27 heavy (non-hydrogen) atoms. The molecule has 0 bridgehead atoms. The van der Waals surface area contributed by atoms with E-state index in [0.29, 0.717) is 23.9 Å². The molecular weight excluding hydrogens is 336 g/mol. The Balaban J connectivity index is 1.43. The molecule has 0 aliphatic heterocycles. The number of hydrogen-bond acceptors (Lipinski definition) is 3. The summed E-state index contributed by atoms with van der Waals surface area (Å²) in [6.07, 6.45) is 12.6. The molecule has 0 spiro atoms. The molecule has 0 aromatic heterocycles. The summed E-state index contributed by atoms with van der Waals surface area (Å²) >= 11 is 0. The van der Waals surface area contributed by atoms with E-state index in [2.05, 4.69) is 26.0 Å². The highest BCUT2D eigenvalue weighted by Crippen LogP contribution is 2.43. The predicted octanol–water partition coefficient (Wildman–Crippen LogP) is 6.26. The van der Waals surface area contributed by atoms with Crippen LogP contribution in [0.4, 0.5) is 0 Å². The van der Waals surface area contributed by atoms with Gasteiger partial charge in [-0.25, -0.2) is 0 Å². The molecule has 2 fully saturated rings. The number of hydrogen-bond donors (Lipinski definition) is 0. The fraction of sp³-hybridized carbons (Fsp3) is 0.708. The van der Waals surface area contributed by atoms with Crippen molar-refractivity contribution in [1.29, 1.82) is 0 Å². The van der Waals surface area contributed by atoms with E-state index >= 15 is 0 Å². The SMILES string of the molecule is CCC(C)OC1CCC(C2CCC(c3ccc(OC(C)=O)cc3)CC2)CC1. The van der Waals surface area contributed by atoms with Crippen LogP contribution in [0.25, 0.3) is 0 Å². The topological polar surface area (TPSA) is 35.5 Å². The lowest BCUT2D eigenvalue weighted by atomic mass is 9.69. The Morgan fingerprint density at radius 2 is 1.52 bits per heavy atom. The Labute approximate surface area is 164 Å². The normalized spacial score (nSPS) is 29.9. The smallest absolute Gasteiger partial charge is 0.308 e. The quantitative estimate of drug-likeness (QED) is 0.437. The lowest BCUT2D eigenvalue weighted by molar-refractivity contribution is -0.131. The van der Waals surface area contributed by atoms with Gasteiger partial charge in [-0.1, -0.05) is 19.1 Å². The molecule has 0 amide bonds. The maximum atomic E-state index is 11.0. The van der Waals surface area contributed by atoms with Gasteiger partial charge in [-0.15, -0.1) is 0 Å². The number of ether oxygens (including phenoxy) is 2. The van der Waals surface area contributed by atoms with Crippen LogP contribution >= 0.6 is 0 Å². The van der Waals surface area contributed by atoms with Crippen molar-refractivity contribution in [3.05, 3.63) is 29.8 Å². The van der Waals surface area contributed by atoms with E-state index in [9.17, 15) is 4.79 Å². The van der Waals surface area contributed by atoms with E-state index in [0.717, 1.165) is 18.3 Å². The van der Waals surface area contributed by atoms with Gasteiger partial charge in [0, 0.05) is 6.92 Å². The van der Waals surface area contributed by atoms with Crippen molar-refractivity contribution < 1.29 is 14.3 Å². The minimum atomic E-state index is -0.257. The monoisotopic (exact) mass is 372 g/mol.